The van der Waals surface area contributed by atoms with Crippen molar-refractivity contribution in [3.8, 4) is 6.07 Å². The molecule has 3 rings (SSSR count). The van der Waals surface area contributed by atoms with E-state index in [9.17, 15) is 0 Å². The monoisotopic (exact) mass is 286 g/mol. The molecule has 0 bridgehead atoms. The molecule has 0 saturated heterocycles. The fraction of sp³-hybridized carbons (Fsp3) is 0.706. The molecule has 4 nitrogen and oxygen atoms in total. The van der Waals surface area contributed by atoms with Crippen LogP contribution in [0.3, 0.4) is 0 Å². The Bertz CT molecular complexity index is 398. The molecule has 0 amide bonds. The maximum Gasteiger partial charge on any atom is 0.158 e. The zero-order valence-electron chi connectivity index (χ0n) is 12.8. The minimum atomic E-state index is 0.354. The third-order valence-electron chi connectivity index (χ3n) is 4.36. The normalized spacial score (nSPS) is 20.1. The largest absolute Gasteiger partial charge is 0.311 e. The van der Waals surface area contributed by atoms with Gasteiger partial charge in [0.25, 0.3) is 0 Å². The van der Waals surface area contributed by atoms with Crippen LogP contribution in [0.5, 0.6) is 0 Å². The van der Waals surface area contributed by atoms with Gasteiger partial charge < -0.3 is 5.32 Å². The third kappa shape index (κ3) is 6.22. The highest BCUT2D eigenvalue weighted by molar-refractivity contribution is 5.13. The molecule has 1 N–H and O–H groups in total. The summed E-state index contributed by atoms with van der Waals surface area (Å²) in [4.78, 5) is 7.34. The number of hydrogen-bond acceptors (Lipinski definition) is 4. The molecule has 0 aliphatic heterocycles. The number of nitrogens with zero attached hydrogens (tertiary/aromatic N) is 3. The van der Waals surface area contributed by atoms with E-state index in [1.807, 2.05) is 6.07 Å². The number of nitriles is 1. The second-order valence-corrected chi connectivity index (χ2v) is 6.04. The lowest BCUT2D eigenvalue weighted by atomic mass is 9.91. The van der Waals surface area contributed by atoms with Crippen molar-refractivity contribution in [2.75, 3.05) is 0 Å². The van der Waals surface area contributed by atoms with Crippen LogP contribution in [0, 0.1) is 11.3 Å². The van der Waals surface area contributed by atoms with E-state index >= 15 is 0 Å². The van der Waals surface area contributed by atoms with Gasteiger partial charge in [-0.05, 0) is 25.7 Å². The lowest BCUT2D eigenvalue weighted by Crippen LogP contribution is -2.40. The summed E-state index contributed by atoms with van der Waals surface area (Å²) in [6.07, 6.45) is 19.0. The molecule has 2 fully saturated rings. The van der Waals surface area contributed by atoms with E-state index in [0.29, 0.717) is 5.69 Å². The minimum Gasteiger partial charge on any atom is -0.311 e. The van der Waals surface area contributed by atoms with Gasteiger partial charge in [-0.25, -0.2) is 4.98 Å². The predicted octanol–water partition coefficient (Wildman–Crippen LogP) is 3.59. The van der Waals surface area contributed by atoms with Gasteiger partial charge in [0.2, 0.25) is 0 Å². The molecule has 2 aliphatic rings. The van der Waals surface area contributed by atoms with Gasteiger partial charge in [0.1, 0.15) is 6.07 Å². The SMILES string of the molecule is C1CCC(NC2CCCCC2)CC1.N#Cc1cnccn1. The van der Waals surface area contributed by atoms with Crippen molar-refractivity contribution in [3.05, 3.63) is 24.3 Å². The van der Waals surface area contributed by atoms with Crippen LogP contribution in [0.1, 0.15) is 69.9 Å². The van der Waals surface area contributed by atoms with Gasteiger partial charge in [-0.15, -0.1) is 0 Å². The standard InChI is InChI=1S/C12H23N.C5H3N3/c1-3-7-11(8-4-1)13-12-9-5-2-6-10-12;6-3-5-4-7-1-2-8-5/h11-13H,1-10H2;1-2,4H. The Labute approximate surface area is 128 Å². The van der Waals surface area contributed by atoms with Gasteiger partial charge in [-0.3, -0.25) is 4.98 Å². The highest BCUT2D eigenvalue weighted by Crippen LogP contribution is 2.22. The average molecular weight is 286 g/mol. The van der Waals surface area contributed by atoms with E-state index in [0.717, 1.165) is 12.1 Å². The van der Waals surface area contributed by atoms with E-state index in [1.165, 1.54) is 82.8 Å². The van der Waals surface area contributed by atoms with Crippen molar-refractivity contribution in [2.24, 2.45) is 0 Å². The molecule has 0 unspecified atom stereocenters. The van der Waals surface area contributed by atoms with Gasteiger partial charge in [-0.1, -0.05) is 38.5 Å². The summed E-state index contributed by atoms with van der Waals surface area (Å²) in [6, 6.07) is 3.60. The topological polar surface area (TPSA) is 61.6 Å². The molecule has 2 saturated carbocycles. The summed E-state index contributed by atoms with van der Waals surface area (Å²) in [7, 11) is 0. The molecule has 1 aromatic heterocycles. The molecule has 1 heterocycles. The second-order valence-electron chi connectivity index (χ2n) is 6.04. The predicted molar refractivity (Wildman–Crippen MR) is 83.6 cm³/mol. The van der Waals surface area contributed by atoms with E-state index in [-0.39, 0.29) is 0 Å². The highest BCUT2D eigenvalue weighted by Gasteiger charge is 2.19. The minimum absolute atomic E-state index is 0.354. The zero-order chi connectivity index (χ0) is 14.8. The van der Waals surface area contributed by atoms with Crippen molar-refractivity contribution < 1.29 is 0 Å². The van der Waals surface area contributed by atoms with Crippen molar-refractivity contribution >= 4 is 0 Å². The first-order valence-corrected chi connectivity index (χ1v) is 8.30. The lowest BCUT2D eigenvalue weighted by molar-refractivity contribution is 0.291. The van der Waals surface area contributed by atoms with Crippen LogP contribution in [-0.2, 0) is 0 Å². The first-order valence-electron chi connectivity index (χ1n) is 8.30. The van der Waals surface area contributed by atoms with Crippen molar-refractivity contribution in [3.63, 3.8) is 0 Å². The first kappa shape index (κ1) is 15.9. The maximum absolute atomic E-state index is 8.19. The summed E-state index contributed by atoms with van der Waals surface area (Å²) in [5.74, 6) is 0. The molecule has 0 atom stereocenters. The fourth-order valence-corrected chi connectivity index (χ4v) is 3.23. The highest BCUT2D eigenvalue weighted by atomic mass is 14.9. The number of rotatable bonds is 2. The molecule has 0 spiro atoms. The Morgan fingerprint density at radius 3 is 1.86 bits per heavy atom. The van der Waals surface area contributed by atoms with E-state index in [1.54, 1.807) is 0 Å². The van der Waals surface area contributed by atoms with Crippen LogP contribution in [0.25, 0.3) is 0 Å². The van der Waals surface area contributed by atoms with Gasteiger partial charge in [0.15, 0.2) is 5.69 Å². The van der Waals surface area contributed by atoms with Gasteiger partial charge in [0, 0.05) is 24.5 Å². The summed E-state index contributed by atoms with van der Waals surface area (Å²) in [5.41, 5.74) is 0.354. The molecule has 0 aromatic carbocycles. The van der Waals surface area contributed by atoms with Crippen molar-refractivity contribution in [1.29, 1.82) is 5.26 Å². The number of nitrogens with one attached hydrogen (secondary N) is 1. The quantitative estimate of drug-likeness (QED) is 0.902. The zero-order valence-corrected chi connectivity index (χ0v) is 12.8. The Balaban J connectivity index is 0.000000173. The van der Waals surface area contributed by atoms with Crippen LogP contribution < -0.4 is 5.32 Å². The Hall–Kier alpha value is -1.47. The van der Waals surface area contributed by atoms with Crippen molar-refractivity contribution in [1.82, 2.24) is 15.3 Å². The molecule has 2 aliphatic carbocycles. The van der Waals surface area contributed by atoms with Crippen LogP contribution in [0.15, 0.2) is 18.6 Å². The van der Waals surface area contributed by atoms with Gasteiger partial charge in [-0.2, -0.15) is 5.26 Å². The van der Waals surface area contributed by atoms with Crippen LogP contribution >= 0.6 is 0 Å². The Kier molecular flexibility index (Phi) is 7.17. The van der Waals surface area contributed by atoms with Crippen molar-refractivity contribution in [2.45, 2.75) is 76.3 Å². The maximum atomic E-state index is 8.19. The molecule has 4 heteroatoms. The molecule has 21 heavy (non-hydrogen) atoms. The average Bonchev–Trinajstić information content (AvgIpc) is 2.58. The summed E-state index contributed by atoms with van der Waals surface area (Å²) in [6.45, 7) is 0. The van der Waals surface area contributed by atoms with Crippen LogP contribution in [-0.4, -0.2) is 22.1 Å². The van der Waals surface area contributed by atoms with Crippen LogP contribution in [0.4, 0.5) is 0 Å². The molecular weight excluding hydrogens is 260 g/mol. The Morgan fingerprint density at radius 1 is 0.905 bits per heavy atom. The molecule has 0 radical (unpaired) electrons. The Morgan fingerprint density at radius 2 is 1.48 bits per heavy atom. The third-order valence-corrected chi connectivity index (χ3v) is 4.36. The van der Waals surface area contributed by atoms with Gasteiger partial charge in [0.05, 0.1) is 6.20 Å². The van der Waals surface area contributed by atoms with Gasteiger partial charge >= 0.3 is 0 Å². The molecular formula is C17H26N4. The number of aromatic nitrogens is 2. The first-order chi connectivity index (χ1) is 10.4. The summed E-state index contributed by atoms with van der Waals surface area (Å²) < 4.78 is 0. The fourth-order valence-electron chi connectivity index (χ4n) is 3.23. The van der Waals surface area contributed by atoms with E-state index < -0.39 is 0 Å². The lowest BCUT2D eigenvalue weighted by Gasteiger charge is -2.30. The summed E-state index contributed by atoms with van der Waals surface area (Å²) >= 11 is 0. The van der Waals surface area contributed by atoms with Crippen LogP contribution in [0.2, 0.25) is 0 Å². The molecule has 114 valence electrons. The summed E-state index contributed by atoms with van der Waals surface area (Å²) in [5, 5.41) is 12.0. The molecule has 1 aromatic rings. The van der Waals surface area contributed by atoms with E-state index in [2.05, 4.69) is 15.3 Å². The van der Waals surface area contributed by atoms with E-state index in [4.69, 9.17) is 5.26 Å². The second kappa shape index (κ2) is 9.46. The smallest absolute Gasteiger partial charge is 0.158 e. The number of hydrogen-bond donors (Lipinski definition) is 1.